The molecule has 4 rings (SSSR count). The highest BCUT2D eigenvalue weighted by Crippen LogP contribution is 2.34. The number of para-hydroxylation sites is 1. The van der Waals surface area contributed by atoms with Crippen molar-refractivity contribution in [3.8, 4) is 22.1 Å². The molecule has 1 amide bonds. The molecule has 0 radical (unpaired) electrons. The predicted molar refractivity (Wildman–Crippen MR) is 88.5 cm³/mol. The number of nitrogens with one attached hydrogen (secondary N) is 1. The molecule has 0 atom stereocenters. The van der Waals surface area contributed by atoms with Crippen molar-refractivity contribution in [2.45, 2.75) is 0 Å². The number of aromatic nitrogens is 3. The molecule has 1 aromatic carbocycles. The third-order valence-corrected chi connectivity index (χ3v) is 4.27. The second-order valence-corrected chi connectivity index (χ2v) is 5.91. The molecule has 8 heteroatoms. The summed E-state index contributed by atoms with van der Waals surface area (Å²) < 4.78 is 11.1. The van der Waals surface area contributed by atoms with Gasteiger partial charge >= 0.3 is 0 Å². The minimum Gasteiger partial charge on any atom is -0.486 e. The number of pyridine rings is 1. The van der Waals surface area contributed by atoms with Crippen molar-refractivity contribution in [3.63, 3.8) is 0 Å². The standard InChI is InChI=1S/C16H12N4O3S/c21-14(11-2-1-3-12-13(11)23-9-8-22-12)18-16-20-19-15(24-16)10-4-6-17-7-5-10/h1-7H,8-9H2,(H,18,20,21). The first-order valence-corrected chi connectivity index (χ1v) is 8.07. The van der Waals surface area contributed by atoms with Crippen LogP contribution in [0.4, 0.5) is 5.13 Å². The summed E-state index contributed by atoms with van der Waals surface area (Å²) in [5.41, 5.74) is 1.31. The number of hydrogen-bond acceptors (Lipinski definition) is 7. The van der Waals surface area contributed by atoms with Gasteiger partial charge in [-0.2, -0.15) is 0 Å². The number of rotatable bonds is 3. The minimum absolute atomic E-state index is 0.310. The van der Waals surface area contributed by atoms with Crippen LogP contribution in [0.15, 0.2) is 42.7 Å². The van der Waals surface area contributed by atoms with E-state index in [1.807, 2.05) is 12.1 Å². The number of carbonyl (C=O) groups excluding carboxylic acids is 1. The maximum absolute atomic E-state index is 12.5. The largest absolute Gasteiger partial charge is 0.486 e. The van der Waals surface area contributed by atoms with Gasteiger partial charge in [-0.05, 0) is 24.3 Å². The van der Waals surface area contributed by atoms with Gasteiger partial charge in [-0.15, -0.1) is 10.2 Å². The normalized spacial score (nSPS) is 12.7. The van der Waals surface area contributed by atoms with E-state index in [2.05, 4.69) is 20.5 Å². The highest BCUT2D eigenvalue weighted by Gasteiger charge is 2.21. The van der Waals surface area contributed by atoms with E-state index in [4.69, 9.17) is 9.47 Å². The van der Waals surface area contributed by atoms with Gasteiger partial charge in [0, 0.05) is 18.0 Å². The molecule has 0 aliphatic carbocycles. The van der Waals surface area contributed by atoms with Crippen molar-refractivity contribution in [3.05, 3.63) is 48.3 Å². The SMILES string of the molecule is O=C(Nc1nnc(-c2ccncc2)s1)c1cccc2c1OCCO2. The van der Waals surface area contributed by atoms with Gasteiger partial charge in [0.05, 0.1) is 5.56 Å². The summed E-state index contributed by atoms with van der Waals surface area (Å²) in [5.74, 6) is 0.721. The van der Waals surface area contributed by atoms with Gasteiger partial charge in [0.1, 0.15) is 18.2 Å². The Hall–Kier alpha value is -3.00. The van der Waals surface area contributed by atoms with Crippen molar-refractivity contribution in [2.24, 2.45) is 0 Å². The molecule has 24 heavy (non-hydrogen) atoms. The van der Waals surface area contributed by atoms with Crippen LogP contribution in [0, 0.1) is 0 Å². The lowest BCUT2D eigenvalue weighted by molar-refractivity contribution is 0.101. The molecular weight excluding hydrogens is 328 g/mol. The van der Waals surface area contributed by atoms with Gasteiger partial charge < -0.3 is 9.47 Å². The molecule has 0 unspecified atom stereocenters. The van der Waals surface area contributed by atoms with Crippen molar-refractivity contribution in [1.82, 2.24) is 15.2 Å². The average Bonchev–Trinajstić information content (AvgIpc) is 3.10. The number of fused-ring (bicyclic) bond motifs is 1. The van der Waals surface area contributed by atoms with Crippen molar-refractivity contribution < 1.29 is 14.3 Å². The number of carbonyl (C=O) groups is 1. The first kappa shape index (κ1) is 14.6. The van der Waals surface area contributed by atoms with Crippen molar-refractivity contribution in [2.75, 3.05) is 18.5 Å². The highest BCUT2D eigenvalue weighted by molar-refractivity contribution is 7.18. The molecular formula is C16H12N4O3S. The van der Waals surface area contributed by atoms with Gasteiger partial charge in [-0.25, -0.2) is 0 Å². The third-order valence-electron chi connectivity index (χ3n) is 3.38. The quantitative estimate of drug-likeness (QED) is 0.789. The summed E-state index contributed by atoms with van der Waals surface area (Å²) in [5, 5.41) is 12.0. The molecule has 7 nitrogen and oxygen atoms in total. The van der Waals surface area contributed by atoms with Gasteiger partial charge in [-0.3, -0.25) is 15.1 Å². The van der Waals surface area contributed by atoms with E-state index in [9.17, 15) is 4.79 Å². The summed E-state index contributed by atoms with van der Waals surface area (Å²) in [4.78, 5) is 16.5. The van der Waals surface area contributed by atoms with Crippen LogP contribution in [0.1, 0.15) is 10.4 Å². The van der Waals surface area contributed by atoms with Gasteiger partial charge in [-0.1, -0.05) is 17.4 Å². The lowest BCUT2D eigenvalue weighted by Gasteiger charge is -2.20. The summed E-state index contributed by atoms with van der Waals surface area (Å²) in [7, 11) is 0. The van der Waals surface area contributed by atoms with Crippen molar-refractivity contribution in [1.29, 1.82) is 0 Å². The number of amides is 1. The molecule has 0 saturated carbocycles. The molecule has 0 fully saturated rings. The Kier molecular flexibility index (Phi) is 3.80. The van der Waals surface area contributed by atoms with Crippen molar-refractivity contribution >= 4 is 22.4 Å². The fraction of sp³-hybridized carbons (Fsp3) is 0.125. The van der Waals surface area contributed by atoms with E-state index in [0.717, 1.165) is 5.56 Å². The zero-order valence-corrected chi connectivity index (χ0v) is 13.2. The maximum Gasteiger partial charge on any atom is 0.261 e. The molecule has 3 aromatic rings. The summed E-state index contributed by atoms with van der Waals surface area (Å²) in [6.45, 7) is 0.895. The molecule has 0 spiro atoms. The Bertz CT molecular complexity index is 882. The molecule has 2 aromatic heterocycles. The van der Waals surface area contributed by atoms with E-state index < -0.39 is 0 Å². The summed E-state index contributed by atoms with van der Waals surface area (Å²) >= 11 is 1.29. The first-order valence-electron chi connectivity index (χ1n) is 7.25. The Balaban J connectivity index is 1.56. The van der Waals surface area contributed by atoms with Gasteiger partial charge in [0.15, 0.2) is 11.5 Å². The van der Waals surface area contributed by atoms with E-state index in [-0.39, 0.29) is 5.91 Å². The van der Waals surface area contributed by atoms with Crippen LogP contribution in [0.5, 0.6) is 11.5 Å². The zero-order chi connectivity index (χ0) is 16.4. The zero-order valence-electron chi connectivity index (χ0n) is 12.4. The van der Waals surface area contributed by atoms with E-state index in [1.54, 1.807) is 30.6 Å². The smallest absolute Gasteiger partial charge is 0.261 e. The summed E-state index contributed by atoms with van der Waals surface area (Å²) in [6.07, 6.45) is 3.37. The number of nitrogens with zero attached hydrogens (tertiary/aromatic N) is 3. The third kappa shape index (κ3) is 2.79. The van der Waals surface area contributed by atoms with Crippen LogP contribution in [0.25, 0.3) is 10.6 Å². The van der Waals surface area contributed by atoms with Crippen LogP contribution in [-0.4, -0.2) is 34.3 Å². The summed E-state index contributed by atoms with van der Waals surface area (Å²) in [6, 6.07) is 8.89. The maximum atomic E-state index is 12.5. The molecule has 0 bridgehead atoms. The van der Waals surface area contributed by atoms with Crippen LogP contribution in [0.2, 0.25) is 0 Å². The molecule has 1 N–H and O–H groups in total. The Morgan fingerprint density at radius 1 is 1.08 bits per heavy atom. The number of benzene rings is 1. The number of ether oxygens (including phenoxy) is 2. The van der Waals surface area contributed by atoms with Gasteiger partial charge in [0.2, 0.25) is 5.13 Å². The lowest BCUT2D eigenvalue weighted by Crippen LogP contribution is -2.20. The monoisotopic (exact) mass is 340 g/mol. The lowest BCUT2D eigenvalue weighted by atomic mass is 10.1. The molecule has 1 aliphatic rings. The van der Waals surface area contributed by atoms with Crippen LogP contribution >= 0.6 is 11.3 Å². The first-order chi connectivity index (χ1) is 11.8. The second kappa shape index (κ2) is 6.25. The van der Waals surface area contributed by atoms with Crippen LogP contribution in [-0.2, 0) is 0 Å². The van der Waals surface area contributed by atoms with E-state index in [1.165, 1.54) is 11.3 Å². The Morgan fingerprint density at radius 3 is 2.79 bits per heavy atom. The van der Waals surface area contributed by atoms with E-state index in [0.29, 0.717) is 40.4 Å². The number of hydrogen-bond donors (Lipinski definition) is 1. The Labute approximate surface area is 141 Å². The minimum atomic E-state index is -0.310. The topological polar surface area (TPSA) is 86.2 Å². The Morgan fingerprint density at radius 2 is 1.92 bits per heavy atom. The molecule has 3 heterocycles. The fourth-order valence-corrected chi connectivity index (χ4v) is 3.05. The molecule has 0 saturated heterocycles. The molecule has 120 valence electrons. The number of anilines is 1. The second-order valence-electron chi connectivity index (χ2n) is 4.93. The molecule has 1 aliphatic heterocycles. The predicted octanol–water partition coefficient (Wildman–Crippen LogP) is 2.62. The highest BCUT2D eigenvalue weighted by atomic mass is 32.1. The van der Waals surface area contributed by atoms with Gasteiger partial charge in [0.25, 0.3) is 5.91 Å². The van der Waals surface area contributed by atoms with Crippen LogP contribution < -0.4 is 14.8 Å². The van der Waals surface area contributed by atoms with Crippen LogP contribution in [0.3, 0.4) is 0 Å². The van der Waals surface area contributed by atoms with E-state index >= 15 is 0 Å². The fourth-order valence-electron chi connectivity index (χ4n) is 2.30. The average molecular weight is 340 g/mol.